The first-order valence-electron chi connectivity index (χ1n) is 18.5. The monoisotopic (exact) mass is 777 g/mol. The summed E-state index contributed by atoms with van der Waals surface area (Å²) in [6.07, 6.45) is 6.61. The Bertz CT molecular complexity index is 1970. The number of nitrogens with zero attached hydrogens (tertiary/aromatic N) is 2. The van der Waals surface area contributed by atoms with Gasteiger partial charge in [-0.2, -0.15) is 0 Å². The number of pyridine rings is 1. The van der Waals surface area contributed by atoms with Crippen LogP contribution in [0.2, 0.25) is 0 Å². The SMILES string of the molecule is COc1cc(F)cc2c(O[C@@H]3C[C@H]4C(=O)N[C@]5(C(=O)NS(=O)(=O)C6CC6)C[C@H]5/C=C\CC[C@@H](C)C[C@@H](C)[C@H](NC(=O)OC(C)(C)C)C(=O)N4C3)nccc12.[HH].[HH].[HH]. The molecule has 1 aromatic heterocycles. The van der Waals surface area contributed by atoms with E-state index in [1.807, 2.05) is 19.1 Å². The molecule has 16 heteroatoms. The van der Waals surface area contributed by atoms with E-state index >= 15 is 0 Å². The largest absolute Gasteiger partial charge is 0.496 e. The number of nitrogens with one attached hydrogen (secondary N) is 3. The Hall–Kier alpha value is -4.47. The van der Waals surface area contributed by atoms with Gasteiger partial charge in [0.15, 0.2) is 0 Å². The van der Waals surface area contributed by atoms with E-state index in [1.165, 1.54) is 30.3 Å². The molecule has 0 unspecified atom stereocenters. The van der Waals surface area contributed by atoms with Crippen LogP contribution in [0.25, 0.3) is 10.8 Å². The first kappa shape index (κ1) is 39.2. The van der Waals surface area contributed by atoms with Crippen LogP contribution < -0.4 is 24.8 Å². The molecule has 2 aliphatic heterocycles. The fourth-order valence-electron chi connectivity index (χ4n) is 7.54. The molecule has 4 amide bonds. The molecule has 3 N–H and O–H groups in total. The molecule has 2 saturated carbocycles. The maximum Gasteiger partial charge on any atom is 0.408 e. The minimum atomic E-state index is -3.93. The van der Waals surface area contributed by atoms with Crippen molar-refractivity contribution in [2.75, 3.05) is 13.7 Å². The number of benzene rings is 1. The van der Waals surface area contributed by atoms with Gasteiger partial charge in [0, 0.05) is 34.3 Å². The second-order valence-corrected chi connectivity index (χ2v) is 18.2. The Morgan fingerprint density at radius 1 is 1.11 bits per heavy atom. The Morgan fingerprint density at radius 3 is 2.54 bits per heavy atom. The molecule has 7 atom stereocenters. The predicted octanol–water partition coefficient (Wildman–Crippen LogP) is 4.86. The van der Waals surface area contributed by atoms with Gasteiger partial charge in [0.25, 0.3) is 5.91 Å². The summed E-state index contributed by atoms with van der Waals surface area (Å²) in [5, 5.41) is 5.82. The van der Waals surface area contributed by atoms with Crippen molar-refractivity contribution < 1.29 is 50.5 Å². The van der Waals surface area contributed by atoms with E-state index in [0.717, 1.165) is 6.42 Å². The van der Waals surface area contributed by atoms with Gasteiger partial charge < -0.3 is 29.7 Å². The lowest BCUT2D eigenvalue weighted by Gasteiger charge is -2.33. The van der Waals surface area contributed by atoms with Crippen molar-refractivity contribution in [3.05, 3.63) is 42.4 Å². The Morgan fingerprint density at radius 2 is 1.85 bits per heavy atom. The summed E-state index contributed by atoms with van der Waals surface area (Å²) >= 11 is 0. The minimum Gasteiger partial charge on any atom is -0.496 e. The molecule has 0 spiro atoms. The number of hydrogen-bond acceptors (Lipinski definition) is 10. The third-order valence-corrected chi connectivity index (χ3v) is 12.4. The molecular weight excluding hydrogens is 722 g/mol. The Balaban J connectivity index is 0.00000290. The molecule has 54 heavy (non-hydrogen) atoms. The smallest absolute Gasteiger partial charge is 0.408 e. The van der Waals surface area contributed by atoms with Crippen LogP contribution in [-0.2, 0) is 29.1 Å². The van der Waals surface area contributed by atoms with Crippen LogP contribution in [0, 0.1) is 23.6 Å². The number of hydrogen-bond donors (Lipinski definition) is 3. The second kappa shape index (κ2) is 15.0. The topological polar surface area (TPSA) is 182 Å². The van der Waals surface area contributed by atoms with E-state index in [1.54, 1.807) is 26.8 Å². The van der Waals surface area contributed by atoms with Gasteiger partial charge in [0.2, 0.25) is 27.7 Å². The van der Waals surface area contributed by atoms with E-state index in [-0.39, 0.29) is 47.1 Å². The van der Waals surface area contributed by atoms with Gasteiger partial charge in [0.1, 0.15) is 40.9 Å². The zero-order valence-corrected chi connectivity index (χ0v) is 32.3. The molecule has 6 rings (SSSR count). The molecule has 4 aliphatic rings. The Kier molecular flexibility index (Phi) is 10.9. The number of amides is 4. The van der Waals surface area contributed by atoms with Crippen molar-refractivity contribution in [2.24, 2.45) is 17.8 Å². The summed E-state index contributed by atoms with van der Waals surface area (Å²) in [4.78, 5) is 61.7. The van der Waals surface area contributed by atoms with Gasteiger partial charge in [-0.3, -0.25) is 19.1 Å². The predicted molar refractivity (Wildman–Crippen MR) is 203 cm³/mol. The van der Waals surface area contributed by atoms with Gasteiger partial charge in [-0.05, 0) is 83.3 Å². The fourth-order valence-corrected chi connectivity index (χ4v) is 8.91. The number of alkyl carbamates (subject to hydrolysis) is 1. The lowest BCUT2D eigenvalue weighted by Crippen LogP contribution is -2.59. The number of methoxy groups -OCH3 is 1. The number of allylic oxidation sites excluding steroid dienone is 1. The van der Waals surface area contributed by atoms with Gasteiger partial charge in [-0.15, -0.1) is 0 Å². The average molecular weight is 778 g/mol. The summed E-state index contributed by atoms with van der Waals surface area (Å²) in [5.74, 6) is -3.05. The molecule has 1 aromatic carbocycles. The molecule has 3 heterocycles. The van der Waals surface area contributed by atoms with Gasteiger partial charge >= 0.3 is 6.09 Å². The highest BCUT2D eigenvalue weighted by molar-refractivity contribution is 7.91. The first-order valence-corrected chi connectivity index (χ1v) is 20.1. The lowest BCUT2D eigenvalue weighted by molar-refractivity contribution is -0.142. The van der Waals surface area contributed by atoms with Crippen molar-refractivity contribution in [1.29, 1.82) is 0 Å². The Labute approximate surface area is 319 Å². The molecule has 14 nitrogen and oxygen atoms in total. The number of rotatable bonds is 7. The molecule has 2 aliphatic carbocycles. The van der Waals surface area contributed by atoms with Crippen LogP contribution in [0.4, 0.5) is 9.18 Å². The minimum absolute atomic E-state index is 0. The fraction of sp³-hybridized carbons (Fsp3) is 0.605. The van der Waals surface area contributed by atoms with Crippen molar-refractivity contribution in [3.63, 3.8) is 0 Å². The van der Waals surface area contributed by atoms with Gasteiger partial charge in [-0.1, -0.05) is 26.0 Å². The van der Waals surface area contributed by atoms with Crippen LogP contribution in [0.3, 0.4) is 0 Å². The first-order chi connectivity index (χ1) is 25.4. The number of carbonyl (C=O) groups is 4. The van der Waals surface area contributed by atoms with E-state index in [9.17, 15) is 32.0 Å². The lowest BCUT2D eigenvalue weighted by atomic mass is 9.88. The highest BCUT2D eigenvalue weighted by Gasteiger charge is 2.62. The second-order valence-electron chi connectivity index (χ2n) is 16.2. The third-order valence-electron chi connectivity index (χ3n) is 10.6. The van der Waals surface area contributed by atoms with Crippen LogP contribution in [0.1, 0.15) is 83.8 Å². The number of halogens is 1. The standard InChI is InChI=1S/C38H50FN5O9S.3H2/c1-21-9-7-8-10-23-19-38(23,35(47)43-54(49,50)26-11-12-26)42-32(45)29-18-25(52-33-28-16-24(39)17-30(51-6)27(28)13-14-40-33)20-44(29)34(46)31(22(2)15-21)41-36(48)53-37(3,4)5;;;/h8,10,13-14,16-17,21-23,25-26,29,31H,7,9,11-12,15,18-20H2,1-6H3,(H,41,48)(H,42,45)(H,43,47);3*1H/b10-8-;;;/t21-,22-,23-,25-,29+,31+,38-;;;/m1.../s1. The van der Waals surface area contributed by atoms with Crippen LogP contribution in [0.5, 0.6) is 11.6 Å². The number of ether oxygens (including phenoxy) is 3. The van der Waals surface area contributed by atoms with Crippen LogP contribution >= 0.6 is 0 Å². The third kappa shape index (κ3) is 8.58. The summed E-state index contributed by atoms with van der Waals surface area (Å²) in [7, 11) is -2.51. The average Bonchev–Trinajstić information content (AvgIpc) is 4.01. The number of carbonyl (C=O) groups excluding carboxylic acids is 4. The van der Waals surface area contributed by atoms with Crippen molar-refractivity contribution in [3.8, 4) is 11.6 Å². The molecule has 0 bridgehead atoms. The summed E-state index contributed by atoms with van der Waals surface area (Å²) < 4.78 is 59.8. The summed E-state index contributed by atoms with van der Waals surface area (Å²) in [5.41, 5.74) is -2.40. The number of fused-ring (bicyclic) bond motifs is 3. The number of sulfonamides is 1. The van der Waals surface area contributed by atoms with E-state index < -0.39 is 80.2 Å². The van der Waals surface area contributed by atoms with Crippen LogP contribution in [-0.4, -0.2) is 90.3 Å². The highest BCUT2D eigenvalue weighted by Crippen LogP contribution is 2.46. The normalized spacial score (nSPS) is 29.8. The van der Waals surface area contributed by atoms with E-state index in [2.05, 4.69) is 27.3 Å². The maximum atomic E-state index is 14.7. The van der Waals surface area contributed by atoms with Gasteiger partial charge in [-0.25, -0.2) is 22.6 Å². The number of aromatic nitrogens is 1. The van der Waals surface area contributed by atoms with Gasteiger partial charge in [0.05, 0.1) is 24.3 Å². The quantitative estimate of drug-likeness (QED) is 0.329. The maximum absolute atomic E-state index is 14.7. The highest BCUT2D eigenvalue weighted by atomic mass is 32.2. The van der Waals surface area contributed by atoms with E-state index in [0.29, 0.717) is 36.5 Å². The molecule has 2 aromatic rings. The van der Waals surface area contributed by atoms with E-state index in [4.69, 9.17) is 14.2 Å². The molecule has 3 fully saturated rings. The summed E-state index contributed by atoms with van der Waals surface area (Å²) in [6.45, 7) is 8.93. The van der Waals surface area contributed by atoms with Crippen molar-refractivity contribution in [1.82, 2.24) is 25.2 Å². The molecular formula is C38H56FN5O9S. The van der Waals surface area contributed by atoms with Crippen LogP contribution in [0.15, 0.2) is 36.5 Å². The molecule has 1 saturated heterocycles. The van der Waals surface area contributed by atoms with Crippen molar-refractivity contribution in [2.45, 2.75) is 114 Å². The molecule has 0 radical (unpaired) electrons. The molecule has 300 valence electrons. The zero-order chi connectivity index (χ0) is 39.2. The van der Waals surface area contributed by atoms with Crippen molar-refractivity contribution >= 4 is 44.6 Å². The zero-order valence-electron chi connectivity index (χ0n) is 31.5. The summed E-state index contributed by atoms with van der Waals surface area (Å²) in [6, 6.07) is 1.86.